The first kappa shape index (κ1) is 32.0. The Balaban J connectivity index is 1.91. The van der Waals surface area contributed by atoms with Crippen molar-refractivity contribution in [3.05, 3.63) is 0 Å². The van der Waals surface area contributed by atoms with Gasteiger partial charge in [0.15, 0.2) is 0 Å². The molecule has 0 aromatic carbocycles. The lowest BCUT2D eigenvalue weighted by atomic mass is 9.95. The van der Waals surface area contributed by atoms with Crippen LogP contribution in [0.15, 0.2) is 0 Å². The average Bonchev–Trinajstić information content (AvgIpc) is 3.14. The topological polar surface area (TPSA) is 100 Å². The third kappa shape index (κ3) is 16.6. The van der Waals surface area contributed by atoms with Gasteiger partial charge in [-0.1, -0.05) is 84.0 Å². The Labute approximate surface area is 214 Å². The quantitative estimate of drug-likeness (QED) is 0.0955. The van der Waals surface area contributed by atoms with Gasteiger partial charge in [0, 0.05) is 25.0 Å². The van der Waals surface area contributed by atoms with Crippen LogP contribution in [0.25, 0.3) is 0 Å². The van der Waals surface area contributed by atoms with Crippen molar-refractivity contribution in [3.8, 4) is 0 Å². The Morgan fingerprint density at radius 1 is 1.03 bits per heavy atom. The van der Waals surface area contributed by atoms with E-state index >= 15 is 0 Å². The smallest absolute Gasteiger partial charge is 0.258 e. The molecule has 2 radical (unpaired) electrons. The van der Waals surface area contributed by atoms with E-state index < -0.39 is 18.7 Å². The maximum atomic E-state index is 12.0. The summed E-state index contributed by atoms with van der Waals surface area (Å²) >= 11 is 5.13. The van der Waals surface area contributed by atoms with Gasteiger partial charge in [0.25, 0.3) is 6.64 Å². The van der Waals surface area contributed by atoms with E-state index in [0.717, 1.165) is 12.8 Å². The molecule has 0 spiro atoms. The Bertz CT molecular complexity index is 575. The molecule has 1 saturated heterocycles. The summed E-state index contributed by atoms with van der Waals surface area (Å²) in [6.45, 7) is -0.418. The molecule has 1 fully saturated rings. The molecule has 0 saturated carbocycles. The molecule has 198 valence electrons. The molecule has 1 amide bonds. The van der Waals surface area contributed by atoms with E-state index in [1.807, 2.05) is 0 Å². The van der Waals surface area contributed by atoms with Crippen molar-refractivity contribution >= 4 is 32.2 Å². The Kier molecular flexibility index (Phi) is 18.9. The highest BCUT2D eigenvalue weighted by Crippen LogP contribution is 2.40. The normalized spacial score (nSPS) is 22.0. The van der Waals surface area contributed by atoms with Crippen LogP contribution < -0.4 is 10.4 Å². The molecule has 1 rings (SSSR count). The highest BCUT2D eigenvalue weighted by atomic mass is 32.5. The van der Waals surface area contributed by atoms with Crippen molar-refractivity contribution in [1.82, 2.24) is 10.4 Å². The number of hydrogen-bond donors (Lipinski definition) is 4. The number of aliphatic hydroxyl groups is 1. The van der Waals surface area contributed by atoms with Crippen molar-refractivity contribution < 1.29 is 24.1 Å². The van der Waals surface area contributed by atoms with Gasteiger partial charge in [0.05, 0.1) is 19.3 Å². The van der Waals surface area contributed by atoms with E-state index in [0.29, 0.717) is 25.8 Å². The highest BCUT2D eigenvalue weighted by molar-refractivity contribution is 8.08. The summed E-state index contributed by atoms with van der Waals surface area (Å²) in [5.74, 6) is 0.0625. The van der Waals surface area contributed by atoms with Crippen LogP contribution in [0, 0.1) is 0 Å². The maximum Gasteiger partial charge on any atom is 0.258 e. The Morgan fingerprint density at radius 2 is 1.59 bits per heavy atom. The zero-order valence-corrected chi connectivity index (χ0v) is 22.9. The van der Waals surface area contributed by atoms with Crippen molar-refractivity contribution in [2.24, 2.45) is 0 Å². The van der Waals surface area contributed by atoms with Crippen LogP contribution in [0.1, 0.15) is 110 Å². The fourth-order valence-corrected chi connectivity index (χ4v) is 5.98. The molecule has 1 aliphatic rings. The largest absolute Gasteiger partial charge is 0.394 e. The third-order valence-corrected chi connectivity index (χ3v) is 8.03. The molecule has 4 atom stereocenters. The molecule has 7 nitrogen and oxygen atoms in total. The van der Waals surface area contributed by atoms with Gasteiger partial charge in [0.1, 0.15) is 7.85 Å². The minimum atomic E-state index is -3.20. The second kappa shape index (κ2) is 20.1. The van der Waals surface area contributed by atoms with E-state index in [1.165, 1.54) is 70.6 Å². The molecule has 10 heteroatoms. The van der Waals surface area contributed by atoms with Gasteiger partial charge in [-0.2, -0.15) is 0 Å². The SMILES string of the molecule is [B][C@H]1CC(NP(O)(=S)OCCCNC(=O)CCCCCCCCCCCCCCC)[C@@H](CO)O1. The summed E-state index contributed by atoms with van der Waals surface area (Å²) in [5, 5.41) is 15.1. The molecule has 0 aromatic rings. The summed E-state index contributed by atoms with van der Waals surface area (Å²) in [6.07, 6.45) is 17.9. The molecule has 0 aromatic heterocycles. The first-order valence-corrected chi connectivity index (χ1v) is 16.1. The lowest BCUT2D eigenvalue weighted by molar-refractivity contribution is -0.121. The number of rotatable bonds is 22. The predicted molar refractivity (Wildman–Crippen MR) is 143 cm³/mol. The summed E-state index contributed by atoms with van der Waals surface area (Å²) in [4.78, 5) is 22.3. The molecular formula is C24H48BN2O5PS. The minimum absolute atomic E-state index is 0.0625. The molecule has 1 aliphatic heterocycles. The van der Waals surface area contributed by atoms with Gasteiger partial charge in [-0.3, -0.25) is 4.79 Å². The summed E-state index contributed by atoms with van der Waals surface area (Å²) < 4.78 is 10.8. The zero-order valence-electron chi connectivity index (χ0n) is 21.2. The third-order valence-electron chi connectivity index (χ3n) is 6.21. The lowest BCUT2D eigenvalue weighted by Gasteiger charge is -2.24. The Hall–Kier alpha value is -0.0151. The second-order valence-electron chi connectivity index (χ2n) is 9.42. The fraction of sp³-hybridized carbons (Fsp3) is 0.958. The van der Waals surface area contributed by atoms with Crippen LogP contribution in [0.5, 0.6) is 0 Å². The van der Waals surface area contributed by atoms with Gasteiger partial charge < -0.3 is 24.6 Å². The molecule has 1 heterocycles. The number of carbonyl (C=O) groups excluding carboxylic acids is 1. The van der Waals surface area contributed by atoms with Gasteiger partial charge in [0.2, 0.25) is 5.91 Å². The van der Waals surface area contributed by atoms with Crippen LogP contribution in [0.2, 0.25) is 0 Å². The number of aliphatic hydroxyl groups excluding tert-OH is 1. The van der Waals surface area contributed by atoms with E-state index in [9.17, 15) is 14.8 Å². The Morgan fingerprint density at radius 3 is 2.15 bits per heavy atom. The number of ether oxygens (including phenoxy) is 1. The summed E-state index contributed by atoms with van der Waals surface area (Å²) in [6, 6.07) is -0.828. The minimum Gasteiger partial charge on any atom is -0.394 e. The highest BCUT2D eigenvalue weighted by Gasteiger charge is 2.35. The average molecular weight is 519 g/mol. The predicted octanol–water partition coefficient (Wildman–Crippen LogP) is 4.44. The van der Waals surface area contributed by atoms with Gasteiger partial charge in [-0.15, -0.1) is 0 Å². The number of amides is 1. The van der Waals surface area contributed by atoms with Crippen LogP contribution >= 0.6 is 6.64 Å². The van der Waals surface area contributed by atoms with E-state index in [1.54, 1.807) is 0 Å². The monoisotopic (exact) mass is 518 g/mol. The van der Waals surface area contributed by atoms with Crippen molar-refractivity contribution in [2.75, 3.05) is 19.8 Å². The molecular weight excluding hydrogens is 470 g/mol. The molecule has 34 heavy (non-hydrogen) atoms. The first-order valence-electron chi connectivity index (χ1n) is 13.4. The molecule has 4 N–H and O–H groups in total. The van der Waals surface area contributed by atoms with Crippen molar-refractivity contribution in [3.63, 3.8) is 0 Å². The van der Waals surface area contributed by atoms with Gasteiger partial charge in [-0.05, 0) is 31.1 Å². The lowest BCUT2D eigenvalue weighted by Crippen LogP contribution is -2.37. The first-order chi connectivity index (χ1) is 16.4. The summed E-state index contributed by atoms with van der Waals surface area (Å²) in [5.41, 5.74) is 0. The second-order valence-corrected chi connectivity index (χ2v) is 12.5. The van der Waals surface area contributed by atoms with Gasteiger partial charge in [-0.25, -0.2) is 5.09 Å². The van der Waals surface area contributed by atoms with Crippen molar-refractivity contribution in [1.29, 1.82) is 0 Å². The van der Waals surface area contributed by atoms with E-state index in [2.05, 4.69) is 17.3 Å². The zero-order chi connectivity index (χ0) is 25.1. The van der Waals surface area contributed by atoms with Crippen molar-refractivity contribution in [2.45, 2.75) is 128 Å². The van der Waals surface area contributed by atoms with Crippen LogP contribution in [0.3, 0.4) is 0 Å². The van der Waals surface area contributed by atoms with Crippen LogP contribution in [0.4, 0.5) is 0 Å². The fourth-order valence-electron chi connectivity index (χ4n) is 4.21. The number of unbranched alkanes of at least 4 members (excludes halogenated alkanes) is 12. The maximum absolute atomic E-state index is 12.0. The van der Waals surface area contributed by atoms with Gasteiger partial charge >= 0.3 is 0 Å². The molecule has 0 bridgehead atoms. The summed E-state index contributed by atoms with van der Waals surface area (Å²) in [7, 11) is 5.72. The van der Waals surface area contributed by atoms with E-state index in [-0.39, 0.29) is 25.2 Å². The number of hydrogen-bond acceptors (Lipinski definition) is 5. The van der Waals surface area contributed by atoms with E-state index in [4.69, 9.17) is 28.9 Å². The van der Waals surface area contributed by atoms with Crippen LogP contribution in [-0.4, -0.2) is 61.7 Å². The number of carbonyl (C=O) groups is 1. The number of nitrogens with one attached hydrogen (secondary N) is 2. The van der Waals surface area contributed by atoms with Crippen LogP contribution in [-0.2, 0) is 25.9 Å². The standard InChI is InChI=1S/C24H48BN2O5PS/c1-2-3-4-5-6-7-8-9-10-11-12-13-14-16-24(29)26-17-15-18-31-33(30,34)27-21-19-23(25)32-22(21)20-28/h21-23,28H,2-20H2,1H3,(H,26,29)(H2,27,30,34)/t21?,22-,23-,33?/m1/s1. The molecule has 0 aliphatic carbocycles. The molecule has 2 unspecified atom stereocenters.